The Morgan fingerprint density at radius 3 is 2.68 bits per heavy atom. The highest BCUT2D eigenvalue weighted by molar-refractivity contribution is 7.89. The highest BCUT2D eigenvalue weighted by atomic mass is 35.5. The van der Waals surface area contributed by atoms with Crippen LogP contribution in [0, 0.1) is 10.1 Å². The van der Waals surface area contributed by atoms with Crippen LogP contribution in [0.1, 0.15) is 6.92 Å². The van der Waals surface area contributed by atoms with Crippen molar-refractivity contribution in [1.82, 2.24) is 4.72 Å². The van der Waals surface area contributed by atoms with Crippen LogP contribution in [-0.2, 0) is 14.8 Å². The number of nitro groups is 1. The minimum absolute atomic E-state index is 0.0931. The molecule has 1 aromatic rings. The van der Waals surface area contributed by atoms with Gasteiger partial charge in [-0.25, -0.2) is 13.1 Å². The molecule has 1 atom stereocenters. The SMILES string of the molecule is COCC(C)NS(=O)(=O)c1ccc(Cl)cc1[N+](=O)[O-]. The van der Waals surface area contributed by atoms with Gasteiger partial charge in [-0.15, -0.1) is 0 Å². The van der Waals surface area contributed by atoms with Gasteiger partial charge in [-0.3, -0.25) is 10.1 Å². The molecule has 106 valence electrons. The van der Waals surface area contributed by atoms with Crippen molar-refractivity contribution < 1.29 is 18.1 Å². The van der Waals surface area contributed by atoms with Crippen LogP contribution in [0.2, 0.25) is 5.02 Å². The predicted octanol–water partition coefficient (Wildman–Crippen LogP) is 1.56. The van der Waals surface area contributed by atoms with Crippen molar-refractivity contribution in [3.05, 3.63) is 33.3 Å². The number of methoxy groups -OCH3 is 1. The first-order valence-corrected chi connectivity index (χ1v) is 7.09. The number of nitrogens with one attached hydrogen (secondary N) is 1. The molecular weight excluding hydrogens is 296 g/mol. The van der Waals surface area contributed by atoms with E-state index in [2.05, 4.69) is 4.72 Å². The highest BCUT2D eigenvalue weighted by Crippen LogP contribution is 2.27. The van der Waals surface area contributed by atoms with Crippen LogP contribution in [0.15, 0.2) is 23.1 Å². The maximum absolute atomic E-state index is 12.0. The molecule has 0 radical (unpaired) electrons. The van der Waals surface area contributed by atoms with Gasteiger partial charge in [0.1, 0.15) is 0 Å². The molecule has 0 fully saturated rings. The number of sulfonamides is 1. The van der Waals surface area contributed by atoms with Crippen LogP contribution < -0.4 is 4.72 Å². The van der Waals surface area contributed by atoms with E-state index in [1.165, 1.54) is 13.2 Å². The van der Waals surface area contributed by atoms with Crippen molar-refractivity contribution in [3.8, 4) is 0 Å². The third-order valence-electron chi connectivity index (χ3n) is 2.18. The quantitative estimate of drug-likeness (QED) is 0.635. The molecule has 0 bridgehead atoms. The van der Waals surface area contributed by atoms with E-state index in [0.29, 0.717) is 0 Å². The number of hydrogen-bond donors (Lipinski definition) is 1. The molecule has 0 aliphatic rings. The molecule has 0 saturated carbocycles. The largest absolute Gasteiger partial charge is 0.383 e. The van der Waals surface area contributed by atoms with Gasteiger partial charge in [0.25, 0.3) is 5.69 Å². The highest BCUT2D eigenvalue weighted by Gasteiger charge is 2.27. The number of ether oxygens (including phenoxy) is 1. The monoisotopic (exact) mass is 308 g/mol. The number of rotatable bonds is 6. The molecule has 0 aromatic heterocycles. The predicted molar refractivity (Wildman–Crippen MR) is 69.8 cm³/mol. The Bertz CT molecular complexity index is 575. The van der Waals surface area contributed by atoms with Crippen LogP contribution in [0.4, 0.5) is 5.69 Å². The van der Waals surface area contributed by atoms with Gasteiger partial charge in [-0.2, -0.15) is 0 Å². The summed E-state index contributed by atoms with van der Waals surface area (Å²) in [5, 5.41) is 11.0. The smallest absolute Gasteiger partial charge is 0.290 e. The van der Waals surface area contributed by atoms with Crippen LogP contribution in [0.3, 0.4) is 0 Å². The fraction of sp³-hybridized carbons (Fsp3) is 0.400. The standard InChI is InChI=1S/C10H13ClN2O5S/c1-7(6-18-2)12-19(16,17)10-4-3-8(11)5-9(10)13(14)15/h3-5,7,12H,6H2,1-2H3. The van der Waals surface area contributed by atoms with Crippen molar-refractivity contribution in [2.45, 2.75) is 17.9 Å². The molecule has 1 rings (SSSR count). The molecule has 0 amide bonds. The number of benzene rings is 1. The second-order valence-corrected chi connectivity index (χ2v) is 5.97. The Morgan fingerprint density at radius 2 is 2.16 bits per heavy atom. The Balaban J connectivity index is 3.18. The third kappa shape index (κ3) is 4.13. The topological polar surface area (TPSA) is 98.5 Å². The lowest BCUT2D eigenvalue weighted by atomic mass is 10.3. The second kappa shape index (κ2) is 6.29. The van der Waals surface area contributed by atoms with Crippen LogP contribution in [-0.4, -0.2) is 33.1 Å². The molecule has 0 spiro atoms. The molecule has 1 unspecified atom stereocenters. The first kappa shape index (κ1) is 15.8. The van der Waals surface area contributed by atoms with Gasteiger partial charge in [0.2, 0.25) is 10.0 Å². The van der Waals surface area contributed by atoms with Crippen LogP contribution in [0.25, 0.3) is 0 Å². The number of hydrogen-bond acceptors (Lipinski definition) is 5. The Kier molecular flexibility index (Phi) is 5.24. The zero-order valence-electron chi connectivity index (χ0n) is 10.3. The zero-order valence-corrected chi connectivity index (χ0v) is 11.9. The van der Waals surface area contributed by atoms with Crippen molar-refractivity contribution in [3.63, 3.8) is 0 Å². The molecule has 1 N–H and O–H groups in total. The van der Waals surface area contributed by atoms with E-state index in [0.717, 1.165) is 12.1 Å². The van der Waals surface area contributed by atoms with Crippen molar-refractivity contribution >= 4 is 27.3 Å². The summed E-state index contributed by atoms with van der Waals surface area (Å²) in [6.07, 6.45) is 0. The molecule has 7 nitrogen and oxygen atoms in total. The average Bonchev–Trinajstić information content (AvgIpc) is 2.27. The van der Waals surface area contributed by atoms with Gasteiger partial charge < -0.3 is 4.74 Å². The van der Waals surface area contributed by atoms with Gasteiger partial charge in [0, 0.05) is 24.2 Å². The fourth-order valence-corrected chi connectivity index (χ4v) is 3.02. The lowest BCUT2D eigenvalue weighted by Crippen LogP contribution is -2.35. The van der Waals surface area contributed by atoms with E-state index in [9.17, 15) is 18.5 Å². The minimum Gasteiger partial charge on any atom is -0.383 e. The van der Waals surface area contributed by atoms with E-state index in [-0.39, 0.29) is 11.6 Å². The molecule has 19 heavy (non-hydrogen) atoms. The molecule has 0 heterocycles. The van der Waals surface area contributed by atoms with E-state index >= 15 is 0 Å². The fourth-order valence-electron chi connectivity index (χ4n) is 1.47. The lowest BCUT2D eigenvalue weighted by Gasteiger charge is -2.13. The lowest BCUT2D eigenvalue weighted by molar-refractivity contribution is -0.387. The summed E-state index contributed by atoms with van der Waals surface area (Å²) < 4.78 is 31.2. The van der Waals surface area contributed by atoms with Crippen LogP contribution in [0.5, 0.6) is 0 Å². The summed E-state index contributed by atoms with van der Waals surface area (Å²) in [7, 11) is -2.58. The van der Waals surface area contributed by atoms with Crippen molar-refractivity contribution in [2.24, 2.45) is 0 Å². The van der Waals surface area contributed by atoms with Gasteiger partial charge in [0.05, 0.1) is 11.5 Å². The van der Waals surface area contributed by atoms with Crippen molar-refractivity contribution in [1.29, 1.82) is 0 Å². The minimum atomic E-state index is -4.00. The van der Waals surface area contributed by atoms with E-state index in [1.54, 1.807) is 6.92 Å². The molecule has 0 aliphatic heterocycles. The number of halogens is 1. The maximum atomic E-state index is 12.0. The Labute approximate surface area is 115 Å². The summed E-state index contributed by atoms with van der Waals surface area (Å²) in [4.78, 5) is 9.65. The third-order valence-corrected chi connectivity index (χ3v) is 4.05. The normalized spacial score (nSPS) is 13.2. The summed E-state index contributed by atoms with van der Waals surface area (Å²) in [6.45, 7) is 1.74. The summed E-state index contributed by atoms with van der Waals surface area (Å²) >= 11 is 5.63. The van der Waals surface area contributed by atoms with Gasteiger partial charge in [-0.05, 0) is 19.1 Å². The van der Waals surface area contributed by atoms with Crippen molar-refractivity contribution in [2.75, 3.05) is 13.7 Å². The number of nitro benzene ring substituents is 1. The van der Waals surface area contributed by atoms with Crippen LogP contribution >= 0.6 is 11.6 Å². The molecule has 9 heteroatoms. The van der Waals surface area contributed by atoms with E-state index < -0.39 is 31.6 Å². The molecule has 0 saturated heterocycles. The Morgan fingerprint density at radius 1 is 1.53 bits per heavy atom. The molecule has 1 aromatic carbocycles. The number of nitrogens with zero attached hydrogens (tertiary/aromatic N) is 1. The summed E-state index contributed by atoms with van der Waals surface area (Å²) in [5.74, 6) is 0. The van der Waals surface area contributed by atoms with Gasteiger partial charge >= 0.3 is 0 Å². The first-order valence-electron chi connectivity index (χ1n) is 5.23. The van der Waals surface area contributed by atoms with E-state index in [4.69, 9.17) is 16.3 Å². The molecular formula is C10H13ClN2O5S. The molecule has 0 aliphatic carbocycles. The zero-order chi connectivity index (χ0) is 14.6. The average molecular weight is 309 g/mol. The van der Waals surface area contributed by atoms with Gasteiger partial charge in [-0.1, -0.05) is 11.6 Å². The summed E-state index contributed by atoms with van der Waals surface area (Å²) in [6, 6.07) is 2.87. The first-order chi connectivity index (χ1) is 8.77. The second-order valence-electron chi connectivity index (χ2n) is 3.85. The summed E-state index contributed by atoms with van der Waals surface area (Å²) in [5.41, 5.74) is -0.565. The van der Waals surface area contributed by atoms with E-state index in [1.807, 2.05) is 0 Å². The van der Waals surface area contributed by atoms with Gasteiger partial charge in [0.15, 0.2) is 4.90 Å². The maximum Gasteiger partial charge on any atom is 0.290 e. The Hall–Kier alpha value is -1.22.